The fraction of sp³-hybridized carbons (Fsp3) is 0.167. The zero-order valence-corrected chi connectivity index (χ0v) is 17.9. The first-order valence-electron chi connectivity index (χ1n) is 10.0. The van der Waals surface area contributed by atoms with Crippen LogP contribution in [-0.2, 0) is 14.3 Å². The normalized spacial score (nSPS) is 12.1. The summed E-state index contributed by atoms with van der Waals surface area (Å²) in [6.07, 6.45) is 0. The van der Waals surface area contributed by atoms with Crippen LogP contribution >= 0.6 is 0 Å². The van der Waals surface area contributed by atoms with Crippen molar-refractivity contribution in [2.75, 3.05) is 19.0 Å². The first-order valence-corrected chi connectivity index (χ1v) is 10.0. The number of nitrogens with one attached hydrogen (secondary N) is 1. The largest absolute Gasteiger partial charge is 0.490 e. The molecule has 0 spiro atoms. The number of anilines is 1. The number of nitro benzene ring substituents is 1. The number of hydrogen-bond donors (Lipinski definition) is 1. The number of esters is 1. The number of para-hydroxylation sites is 2. The number of hydrogen-bond acceptors (Lipinski definition) is 7. The standard InChI is InChI=1S/C24H20N2O7/c1-14-11-18(26(29)30)21(31-2)12-17(14)25-22(27)13-32-24(28)23-15-7-3-5-9-19(15)33-20-10-6-4-8-16(20)23/h3-12,23H,13H2,1-2H3,(H,25,27). The van der Waals surface area contributed by atoms with Gasteiger partial charge in [0.15, 0.2) is 12.4 Å². The number of carbonyl (C=O) groups is 2. The summed E-state index contributed by atoms with van der Waals surface area (Å²) in [5, 5.41) is 13.7. The second kappa shape index (κ2) is 8.99. The molecule has 1 N–H and O–H groups in total. The fourth-order valence-corrected chi connectivity index (χ4v) is 3.68. The Morgan fingerprint density at radius 1 is 1.06 bits per heavy atom. The number of ether oxygens (including phenoxy) is 3. The molecule has 0 aromatic heterocycles. The van der Waals surface area contributed by atoms with Crippen LogP contribution in [-0.4, -0.2) is 30.5 Å². The van der Waals surface area contributed by atoms with Crippen molar-refractivity contribution in [3.8, 4) is 17.2 Å². The van der Waals surface area contributed by atoms with Crippen LogP contribution in [0.2, 0.25) is 0 Å². The molecule has 3 aromatic carbocycles. The molecule has 0 aliphatic carbocycles. The maximum absolute atomic E-state index is 13.0. The van der Waals surface area contributed by atoms with E-state index in [1.54, 1.807) is 43.3 Å². The monoisotopic (exact) mass is 448 g/mol. The summed E-state index contributed by atoms with van der Waals surface area (Å²) < 4.78 is 16.3. The number of fused-ring (bicyclic) bond motifs is 2. The van der Waals surface area contributed by atoms with Crippen LogP contribution in [0.4, 0.5) is 11.4 Å². The second-order valence-electron chi connectivity index (χ2n) is 7.36. The van der Waals surface area contributed by atoms with Crippen molar-refractivity contribution in [2.45, 2.75) is 12.8 Å². The maximum Gasteiger partial charge on any atom is 0.318 e. The van der Waals surface area contributed by atoms with Gasteiger partial charge in [-0.05, 0) is 24.6 Å². The molecule has 0 radical (unpaired) electrons. The smallest absolute Gasteiger partial charge is 0.318 e. The number of nitro groups is 1. The molecule has 1 aliphatic heterocycles. The molecule has 0 saturated carbocycles. The Balaban J connectivity index is 1.49. The lowest BCUT2D eigenvalue weighted by Crippen LogP contribution is -2.26. The molecule has 1 aliphatic rings. The maximum atomic E-state index is 13.0. The van der Waals surface area contributed by atoms with Crippen molar-refractivity contribution >= 4 is 23.3 Å². The third-order valence-corrected chi connectivity index (χ3v) is 5.26. The lowest BCUT2D eigenvalue weighted by atomic mass is 9.88. The minimum atomic E-state index is -0.736. The van der Waals surface area contributed by atoms with Crippen molar-refractivity contribution in [3.05, 3.63) is 87.5 Å². The van der Waals surface area contributed by atoms with Gasteiger partial charge in [0.1, 0.15) is 17.4 Å². The van der Waals surface area contributed by atoms with Crippen molar-refractivity contribution in [2.24, 2.45) is 0 Å². The highest BCUT2D eigenvalue weighted by molar-refractivity contribution is 5.95. The van der Waals surface area contributed by atoms with Gasteiger partial charge in [-0.25, -0.2) is 0 Å². The summed E-state index contributed by atoms with van der Waals surface area (Å²) in [6.45, 7) is 1.09. The van der Waals surface area contributed by atoms with Gasteiger partial charge < -0.3 is 19.5 Å². The van der Waals surface area contributed by atoms with E-state index in [1.807, 2.05) is 12.1 Å². The Kier molecular flexibility index (Phi) is 5.95. The summed E-state index contributed by atoms with van der Waals surface area (Å²) in [6, 6.07) is 17.0. The number of nitrogens with zero attached hydrogens (tertiary/aromatic N) is 1. The van der Waals surface area contributed by atoms with Crippen LogP contribution < -0.4 is 14.8 Å². The summed E-state index contributed by atoms with van der Waals surface area (Å²) in [7, 11) is 1.30. The minimum absolute atomic E-state index is 0.00770. The number of aryl methyl sites for hydroxylation is 1. The van der Waals surface area contributed by atoms with Gasteiger partial charge >= 0.3 is 11.7 Å². The van der Waals surface area contributed by atoms with E-state index >= 15 is 0 Å². The molecule has 1 amide bonds. The highest BCUT2D eigenvalue weighted by Gasteiger charge is 2.34. The van der Waals surface area contributed by atoms with Gasteiger partial charge in [0.2, 0.25) is 0 Å². The summed E-state index contributed by atoms with van der Waals surface area (Å²) in [5.74, 6) is -0.803. The van der Waals surface area contributed by atoms with E-state index in [4.69, 9.17) is 14.2 Å². The van der Waals surface area contributed by atoms with Gasteiger partial charge in [-0.15, -0.1) is 0 Å². The molecule has 0 unspecified atom stereocenters. The first-order chi connectivity index (χ1) is 15.9. The fourth-order valence-electron chi connectivity index (χ4n) is 3.68. The van der Waals surface area contributed by atoms with E-state index in [9.17, 15) is 19.7 Å². The van der Waals surface area contributed by atoms with E-state index in [2.05, 4.69) is 5.32 Å². The Labute approximate surface area is 189 Å². The molecule has 9 nitrogen and oxygen atoms in total. The third kappa shape index (κ3) is 4.33. The van der Waals surface area contributed by atoms with Gasteiger partial charge in [-0.3, -0.25) is 19.7 Å². The van der Waals surface area contributed by atoms with E-state index in [0.29, 0.717) is 33.9 Å². The van der Waals surface area contributed by atoms with E-state index in [1.165, 1.54) is 19.2 Å². The van der Waals surface area contributed by atoms with Crippen molar-refractivity contribution in [1.29, 1.82) is 0 Å². The molecular formula is C24H20N2O7. The van der Waals surface area contributed by atoms with Gasteiger partial charge in [0, 0.05) is 28.9 Å². The highest BCUT2D eigenvalue weighted by atomic mass is 16.6. The minimum Gasteiger partial charge on any atom is -0.490 e. The Bertz CT molecular complexity index is 1210. The molecule has 9 heteroatoms. The van der Waals surface area contributed by atoms with Crippen molar-refractivity contribution < 1.29 is 28.7 Å². The highest BCUT2D eigenvalue weighted by Crippen LogP contribution is 2.44. The Morgan fingerprint density at radius 3 is 2.24 bits per heavy atom. The van der Waals surface area contributed by atoms with E-state index in [-0.39, 0.29) is 11.4 Å². The molecule has 0 atom stereocenters. The molecule has 33 heavy (non-hydrogen) atoms. The number of methoxy groups -OCH3 is 1. The first kappa shape index (κ1) is 21.8. The van der Waals surface area contributed by atoms with Crippen LogP contribution in [0.3, 0.4) is 0 Å². The van der Waals surface area contributed by atoms with Gasteiger partial charge in [0.25, 0.3) is 5.91 Å². The molecule has 1 heterocycles. The predicted octanol–water partition coefficient (Wildman–Crippen LogP) is 4.33. The Morgan fingerprint density at radius 2 is 1.67 bits per heavy atom. The van der Waals surface area contributed by atoms with E-state index < -0.39 is 29.3 Å². The molecular weight excluding hydrogens is 428 g/mol. The van der Waals surface area contributed by atoms with Crippen molar-refractivity contribution in [3.63, 3.8) is 0 Å². The van der Waals surface area contributed by atoms with Crippen molar-refractivity contribution in [1.82, 2.24) is 0 Å². The number of amides is 1. The SMILES string of the molecule is COc1cc(NC(=O)COC(=O)C2c3ccccc3Oc3ccccc32)c(C)cc1[N+](=O)[O-]. The molecule has 168 valence electrons. The van der Waals surface area contributed by atoms with Crippen LogP contribution in [0.15, 0.2) is 60.7 Å². The molecule has 0 saturated heterocycles. The topological polar surface area (TPSA) is 117 Å². The van der Waals surface area contributed by atoms with Crippen LogP contribution in [0.1, 0.15) is 22.6 Å². The van der Waals surface area contributed by atoms with Crippen LogP contribution in [0.5, 0.6) is 17.2 Å². The zero-order valence-electron chi connectivity index (χ0n) is 17.9. The van der Waals surface area contributed by atoms with Gasteiger partial charge in [-0.1, -0.05) is 36.4 Å². The molecule has 0 bridgehead atoms. The third-order valence-electron chi connectivity index (χ3n) is 5.26. The molecule has 0 fully saturated rings. The lowest BCUT2D eigenvalue weighted by Gasteiger charge is -2.26. The molecule has 3 aromatic rings. The molecule has 4 rings (SSSR count). The van der Waals surface area contributed by atoms with Gasteiger partial charge in [0.05, 0.1) is 12.0 Å². The predicted molar refractivity (Wildman–Crippen MR) is 119 cm³/mol. The Hall–Kier alpha value is -4.40. The van der Waals surface area contributed by atoms with Crippen LogP contribution in [0.25, 0.3) is 0 Å². The zero-order chi connectivity index (χ0) is 23.5. The lowest BCUT2D eigenvalue weighted by molar-refractivity contribution is -0.385. The second-order valence-corrected chi connectivity index (χ2v) is 7.36. The number of benzene rings is 3. The van der Waals surface area contributed by atoms with Crippen LogP contribution in [0, 0.1) is 17.0 Å². The quantitative estimate of drug-likeness (QED) is 0.339. The van der Waals surface area contributed by atoms with E-state index in [0.717, 1.165) is 0 Å². The van der Waals surface area contributed by atoms with Gasteiger partial charge in [-0.2, -0.15) is 0 Å². The average molecular weight is 448 g/mol. The number of rotatable bonds is 6. The summed E-state index contributed by atoms with van der Waals surface area (Å²) in [4.78, 5) is 36.1. The average Bonchev–Trinajstić information content (AvgIpc) is 2.81. The summed E-state index contributed by atoms with van der Waals surface area (Å²) >= 11 is 0. The number of carbonyl (C=O) groups excluding carboxylic acids is 2. The summed E-state index contributed by atoms with van der Waals surface area (Å²) in [5.41, 5.74) is 1.88.